The Kier molecular flexibility index (Phi) is 21.7. The number of hydrogen-bond donors (Lipinski definition) is 1. The zero-order valence-electron chi connectivity index (χ0n) is 75.4. The fraction of sp³-hybridized carbons (Fsp3) is 0.293. The molecule has 0 saturated heterocycles. The monoisotopic (exact) mass is 1730 g/mol. The maximum atomic E-state index is 13.3. The number of rotatable bonds is 10. The third-order valence-corrected chi connectivity index (χ3v) is 24.7. The van der Waals surface area contributed by atoms with Crippen molar-refractivity contribution in [2.24, 2.45) is 35.2 Å². The maximum absolute atomic E-state index is 13.3. The van der Waals surface area contributed by atoms with Crippen LogP contribution in [-0.2, 0) is 68.0 Å². The first-order valence-corrected chi connectivity index (χ1v) is 41.9. The van der Waals surface area contributed by atoms with E-state index in [2.05, 4.69) is 29.9 Å². The molecule has 128 heavy (non-hydrogen) atoms. The highest BCUT2D eigenvalue weighted by Gasteiger charge is 2.29. The van der Waals surface area contributed by atoms with Crippen molar-refractivity contribution in [3.63, 3.8) is 0 Å². The molecule has 0 aliphatic carbocycles. The van der Waals surface area contributed by atoms with Crippen LogP contribution in [0.3, 0.4) is 0 Å². The van der Waals surface area contributed by atoms with Crippen molar-refractivity contribution in [3.8, 4) is 22.7 Å². The van der Waals surface area contributed by atoms with Gasteiger partial charge in [0.25, 0.3) is 27.8 Å². The lowest BCUT2D eigenvalue weighted by Gasteiger charge is -2.11. The summed E-state index contributed by atoms with van der Waals surface area (Å²) in [5, 5.41) is 0. The van der Waals surface area contributed by atoms with Gasteiger partial charge in [-0.25, -0.2) is 28.4 Å². The van der Waals surface area contributed by atoms with Crippen LogP contribution in [0.1, 0.15) is 107 Å². The van der Waals surface area contributed by atoms with E-state index in [9.17, 15) is 52.3 Å². The predicted octanol–water partition coefficient (Wildman–Crippen LogP) is 9.51. The second-order valence-corrected chi connectivity index (χ2v) is 32.3. The minimum atomic E-state index is -0.395. The van der Waals surface area contributed by atoms with Crippen LogP contribution in [0.4, 0.5) is 4.39 Å². The van der Waals surface area contributed by atoms with Gasteiger partial charge in [-0.15, -0.1) is 0 Å². The zero-order chi connectivity index (χ0) is 92.0. The van der Waals surface area contributed by atoms with E-state index >= 15 is 0 Å². The molecule has 1 N–H and O–H groups in total. The number of halogens is 1. The van der Waals surface area contributed by atoms with Crippen LogP contribution < -0.4 is 56.2 Å². The standard InChI is InChI=1S/2C19H21N5O2.C18H18FN5O2.2C18H19N5O2/c1-10-6-7-11(2)14(8-10)9-23-17(25)15-16(22(5)19(23)26)21-18-20-12(3)13(4)24(15)18;1-6-22-17(25)15-16(21(5)19(22)26)20-18-23(12(3)13(4)24(15)18)14-9-7-11(2)8-10-14;1-5-22-16(25)14-15(21(4)18(22)26)20-17-23(10(2)11(3)24(14)17)13-8-6-12(19)7-9-13;1-5-21-16(24)14-15(20(4)18(21)25)19-17-22(14)10-12(3)23(17)13-8-6-11(2)7-9-13;1-5-21-16(24)14-15(20(4)18(21)25)19-17-22(11(2)12(3)23(14)17)13-9-7-6-8-10-13/h6-8H,9H2,1-5H3,(H,20,21);7-10H,6H2,1-5H3;6-9H,5H2,1-4H3;2*6-10H,5H2,1-4H3. The number of nitrogens with zero attached hydrogens (tertiary/aromatic N) is 24. The van der Waals surface area contributed by atoms with E-state index in [0.717, 1.165) is 90.7 Å². The number of nitrogens with one attached hydrogen (secondary N) is 1. The number of aryl methyl sites for hydroxylation is 15. The first-order chi connectivity index (χ1) is 60.9. The van der Waals surface area contributed by atoms with Crippen molar-refractivity contribution in [1.29, 1.82) is 0 Å². The van der Waals surface area contributed by atoms with Gasteiger partial charge < -0.3 is 4.98 Å². The van der Waals surface area contributed by atoms with Gasteiger partial charge in [-0.1, -0.05) is 77.4 Å². The Morgan fingerprint density at radius 2 is 0.641 bits per heavy atom. The molecular weight excluding hydrogens is 1630 g/mol. The second-order valence-electron chi connectivity index (χ2n) is 32.3. The average Bonchev–Trinajstić information content (AvgIpc) is 1.48. The van der Waals surface area contributed by atoms with Crippen LogP contribution in [0.25, 0.3) is 107 Å². The normalized spacial score (nSPS) is 11.7. The SMILES string of the molecule is CCn1c(=O)c2c(nc3n(-c4ccc(C)cc4)c(C)c(C)n23)n(C)c1=O.CCn1c(=O)c2c(nc3n(-c4ccc(C)cc4)c(C)cn23)n(C)c1=O.CCn1c(=O)c2c(nc3n(-c4ccc(F)cc4)c(C)c(C)n23)n(C)c1=O.CCn1c(=O)c2c(nc3n(-c4ccccc4)c(C)c(C)n23)n(C)c1=O.Cc1ccc(C)c(Cn2c(=O)c3c(nc4[nH]c(C)c(C)n43)n(C)c2=O)c1. The highest BCUT2D eigenvalue weighted by molar-refractivity contribution is 5.81. The van der Waals surface area contributed by atoms with Crippen molar-refractivity contribution in [2.45, 2.75) is 150 Å². The molecule has 20 rings (SSSR count). The summed E-state index contributed by atoms with van der Waals surface area (Å²) >= 11 is 0. The molecule has 15 heterocycles. The number of benzene rings is 5. The van der Waals surface area contributed by atoms with Gasteiger partial charge in [0, 0.05) is 142 Å². The van der Waals surface area contributed by atoms with Gasteiger partial charge in [0.1, 0.15) is 5.82 Å². The van der Waals surface area contributed by atoms with Crippen molar-refractivity contribution >= 4 is 84.7 Å². The molecular formula is C92H98FN25O10. The quantitative estimate of drug-likeness (QED) is 0.133. The molecule has 35 nitrogen and oxygen atoms in total. The fourth-order valence-electron chi connectivity index (χ4n) is 17.1. The molecule has 15 aromatic heterocycles. The summed E-state index contributed by atoms with van der Waals surface area (Å²) in [6.07, 6.45) is 1.89. The predicted molar refractivity (Wildman–Crippen MR) is 492 cm³/mol. The van der Waals surface area contributed by atoms with Crippen molar-refractivity contribution in [1.82, 2.24) is 116 Å². The third-order valence-electron chi connectivity index (χ3n) is 24.7. The molecule has 0 spiro atoms. The highest BCUT2D eigenvalue weighted by atomic mass is 19.1. The van der Waals surface area contributed by atoms with Crippen LogP contribution in [0, 0.1) is 95.8 Å². The van der Waals surface area contributed by atoms with E-state index in [0.29, 0.717) is 104 Å². The Morgan fingerprint density at radius 3 is 1.04 bits per heavy atom. The van der Waals surface area contributed by atoms with Crippen LogP contribution in [0.2, 0.25) is 0 Å². The molecule has 5 aromatic carbocycles. The molecule has 36 heteroatoms. The van der Waals surface area contributed by atoms with E-state index in [1.54, 1.807) is 88.3 Å². The number of aromatic nitrogens is 25. The van der Waals surface area contributed by atoms with Crippen molar-refractivity contribution in [2.75, 3.05) is 0 Å². The molecule has 0 aliphatic heterocycles. The summed E-state index contributed by atoms with van der Waals surface area (Å²) in [7, 11) is 8.20. The lowest BCUT2D eigenvalue weighted by Crippen LogP contribution is -2.39. The molecule has 0 bridgehead atoms. The maximum Gasteiger partial charge on any atom is 0.332 e. The van der Waals surface area contributed by atoms with Gasteiger partial charge in [-0.2, -0.15) is 24.9 Å². The zero-order valence-corrected chi connectivity index (χ0v) is 75.4. The number of hydrogen-bond acceptors (Lipinski definition) is 15. The molecule has 0 amide bonds. The van der Waals surface area contributed by atoms with Crippen LogP contribution >= 0.6 is 0 Å². The molecule has 0 aliphatic rings. The summed E-state index contributed by atoms with van der Waals surface area (Å²) in [5.41, 5.74) is 18.2. The minimum Gasteiger partial charge on any atom is -0.327 e. The third kappa shape index (κ3) is 13.3. The number of fused-ring (bicyclic) bond motifs is 15. The van der Waals surface area contributed by atoms with Crippen molar-refractivity contribution in [3.05, 3.63) is 317 Å². The lowest BCUT2D eigenvalue weighted by atomic mass is 10.1. The van der Waals surface area contributed by atoms with Gasteiger partial charge >= 0.3 is 28.4 Å². The summed E-state index contributed by atoms with van der Waals surface area (Å²) in [5.74, 6) is 2.66. The summed E-state index contributed by atoms with van der Waals surface area (Å²) < 4.78 is 43.6. The average molecular weight is 1730 g/mol. The van der Waals surface area contributed by atoms with E-state index in [-0.39, 0.29) is 69.5 Å². The Balaban J connectivity index is 0.000000117. The molecule has 0 unspecified atom stereocenters. The Labute approximate surface area is 726 Å². The molecule has 20 aromatic rings. The van der Waals surface area contributed by atoms with Gasteiger partial charge in [0.15, 0.2) is 55.8 Å². The van der Waals surface area contributed by atoms with Crippen LogP contribution in [-0.4, -0.2) is 116 Å². The first kappa shape index (κ1) is 86.0. The smallest absolute Gasteiger partial charge is 0.327 e. The van der Waals surface area contributed by atoms with E-state index in [1.807, 2.05) is 220 Å². The molecule has 0 saturated carbocycles. The molecule has 0 radical (unpaired) electrons. The summed E-state index contributed by atoms with van der Waals surface area (Å²) in [6, 6.07) is 38.3. The number of H-pyrrole nitrogens is 1. The second kappa shape index (κ2) is 32.2. The lowest BCUT2D eigenvalue weighted by molar-refractivity contribution is 0.627. The van der Waals surface area contributed by atoms with Gasteiger partial charge in [-0.3, -0.25) is 110 Å². The Morgan fingerprint density at radius 1 is 0.320 bits per heavy atom. The number of para-hydroxylation sites is 1. The Hall–Kier alpha value is -15.5. The van der Waals surface area contributed by atoms with Crippen LogP contribution in [0.5, 0.6) is 0 Å². The van der Waals surface area contributed by atoms with E-state index in [4.69, 9.17) is 0 Å². The molecule has 0 atom stereocenters. The molecule has 0 fully saturated rings. The topological polar surface area (TPSA) is 342 Å². The van der Waals surface area contributed by atoms with Gasteiger partial charge in [0.05, 0.1) is 6.54 Å². The van der Waals surface area contributed by atoms with Crippen molar-refractivity contribution < 1.29 is 4.39 Å². The van der Waals surface area contributed by atoms with Crippen LogP contribution in [0.15, 0.2) is 175 Å². The summed E-state index contributed by atoms with van der Waals surface area (Å²) in [6.45, 7) is 34.3. The first-order valence-electron chi connectivity index (χ1n) is 41.9. The summed E-state index contributed by atoms with van der Waals surface area (Å²) in [4.78, 5) is 153. The van der Waals surface area contributed by atoms with Gasteiger partial charge in [0.2, 0.25) is 28.9 Å². The largest absolute Gasteiger partial charge is 0.332 e. The molecule has 658 valence electrons. The fourth-order valence-corrected chi connectivity index (χ4v) is 17.1. The van der Waals surface area contributed by atoms with E-state index in [1.165, 1.54) is 68.9 Å². The number of imidazole rings is 10. The number of aromatic amines is 1. The van der Waals surface area contributed by atoms with E-state index < -0.39 is 5.69 Å². The minimum absolute atomic E-state index is 0.241. The highest BCUT2D eigenvalue weighted by Crippen LogP contribution is 2.30. The Bertz CT molecular complexity index is 8480. The van der Waals surface area contributed by atoms with Gasteiger partial charge in [-0.05, 0) is 189 Å².